The van der Waals surface area contributed by atoms with Crippen LogP contribution in [0.15, 0.2) is 30.3 Å². The number of nitrogens with one attached hydrogen (secondary N) is 1. The van der Waals surface area contributed by atoms with Crippen molar-refractivity contribution in [2.24, 2.45) is 0 Å². The lowest BCUT2D eigenvalue weighted by Crippen LogP contribution is -2.27. The van der Waals surface area contributed by atoms with Crippen molar-refractivity contribution in [1.29, 1.82) is 0 Å². The second kappa shape index (κ2) is 6.64. The largest absolute Gasteiger partial charge is 0.390 e. The van der Waals surface area contributed by atoms with Gasteiger partial charge < -0.3 is 15.4 Å². The lowest BCUT2D eigenvalue weighted by molar-refractivity contribution is -0.389. The molecule has 0 aliphatic carbocycles. The highest BCUT2D eigenvalue weighted by molar-refractivity contribution is 5.94. The highest BCUT2D eigenvalue weighted by Crippen LogP contribution is 2.13. The van der Waals surface area contributed by atoms with E-state index in [-0.39, 0.29) is 30.2 Å². The molecule has 2 rings (SSSR count). The van der Waals surface area contributed by atoms with E-state index in [1.54, 1.807) is 6.92 Å². The summed E-state index contributed by atoms with van der Waals surface area (Å²) in [5.74, 6) is -0.722. The van der Waals surface area contributed by atoms with Crippen molar-refractivity contribution in [3.63, 3.8) is 0 Å². The van der Waals surface area contributed by atoms with Gasteiger partial charge in [-0.15, -0.1) is 0 Å². The number of carbonyl (C=O) groups excluding carboxylic acids is 1. The number of non-ortho nitro benzene ring substituents is 1. The van der Waals surface area contributed by atoms with Crippen LogP contribution in [0.3, 0.4) is 0 Å². The Kier molecular flexibility index (Phi) is 4.64. The Morgan fingerprint density at radius 1 is 1.26 bits per heavy atom. The van der Waals surface area contributed by atoms with Crippen molar-refractivity contribution in [3.8, 4) is 0 Å². The lowest BCUT2D eigenvalue weighted by Gasteiger charge is -2.04. The average molecular weight is 319 g/mol. The van der Waals surface area contributed by atoms with Gasteiger partial charge in [-0.05, 0) is 17.9 Å². The number of nitrogens with zero attached hydrogens (tertiary/aromatic N) is 4. The van der Waals surface area contributed by atoms with E-state index >= 15 is 0 Å². The number of hydrogen-bond donors (Lipinski definition) is 1. The van der Waals surface area contributed by atoms with E-state index in [0.717, 1.165) is 0 Å². The van der Waals surface area contributed by atoms with E-state index in [9.17, 15) is 25.0 Å². The molecule has 23 heavy (non-hydrogen) atoms. The van der Waals surface area contributed by atoms with Gasteiger partial charge in [0.2, 0.25) is 0 Å². The fourth-order valence-corrected chi connectivity index (χ4v) is 1.95. The monoisotopic (exact) mass is 319 g/mol. The molecule has 0 saturated carbocycles. The number of rotatable bonds is 6. The molecule has 1 aromatic carbocycles. The van der Waals surface area contributed by atoms with E-state index in [2.05, 4.69) is 10.4 Å². The second-order valence-electron chi connectivity index (χ2n) is 4.69. The van der Waals surface area contributed by atoms with Crippen LogP contribution in [0, 0.1) is 27.2 Å². The van der Waals surface area contributed by atoms with Crippen LogP contribution in [0.25, 0.3) is 0 Å². The Morgan fingerprint density at radius 3 is 2.61 bits per heavy atom. The molecule has 0 aliphatic rings. The van der Waals surface area contributed by atoms with Crippen LogP contribution in [0.5, 0.6) is 0 Å². The molecule has 0 aliphatic heterocycles. The third-order valence-electron chi connectivity index (χ3n) is 3.08. The van der Waals surface area contributed by atoms with Gasteiger partial charge in [-0.1, -0.05) is 6.07 Å². The van der Waals surface area contributed by atoms with E-state index in [0.29, 0.717) is 5.69 Å². The van der Waals surface area contributed by atoms with Crippen LogP contribution >= 0.6 is 0 Å². The van der Waals surface area contributed by atoms with Gasteiger partial charge in [0.1, 0.15) is 0 Å². The third-order valence-corrected chi connectivity index (χ3v) is 3.08. The molecule has 0 atom stereocenters. The molecule has 2 aromatic rings. The molecule has 1 amide bonds. The summed E-state index contributed by atoms with van der Waals surface area (Å²) in [5.41, 5.74) is 0.597. The van der Waals surface area contributed by atoms with Gasteiger partial charge in [-0.25, -0.2) is 0 Å². The number of aromatic nitrogens is 2. The Morgan fingerprint density at radius 2 is 2.00 bits per heavy atom. The van der Waals surface area contributed by atoms with E-state index in [4.69, 9.17) is 0 Å². The van der Waals surface area contributed by atoms with Crippen molar-refractivity contribution in [3.05, 3.63) is 61.8 Å². The molecule has 0 unspecified atom stereocenters. The molecule has 120 valence electrons. The summed E-state index contributed by atoms with van der Waals surface area (Å²) in [4.78, 5) is 32.1. The van der Waals surface area contributed by atoms with Crippen LogP contribution in [0.2, 0.25) is 0 Å². The van der Waals surface area contributed by atoms with Crippen molar-refractivity contribution in [2.75, 3.05) is 6.54 Å². The Balaban J connectivity index is 1.96. The Hall–Kier alpha value is -3.30. The molecule has 0 fully saturated rings. The highest BCUT2D eigenvalue weighted by Gasteiger charge is 2.15. The third kappa shape index (κ3) is 3.87. The molecule has 10 nitrogen and oxygen atoms in total. The Labute approximate surface area is 130 Å². The predicted octanol–water partition coefficient (Wildman–Crippen LogP) is 1.44. The smallest absolute Gasteiger partial charge is 0.358 e. The first-order valence-corrected chi connectivity index (χ1v) is 6.60. The van der Waals surface area contributed by atoms with Gasteiger partial charge in [0, 0.05) is 24.2 Å². The molecule has 10 heteroatoms. The fourth-order valence-electron chi connectivity index (χ4n) is 1.95. The number of nitro groups is 2. The second-order valence-corrected chi connectivity index (χ2v) is 4.69. The van der Waals surface area contributed by atoms with Crippen LogP contribution in [0.4, 0.5) is 11.5 Å². The van der Waals surface area contributed by atoms with Crippen molar-refractivity contribution >= 4 is 17.4 Å². The molecular weight excluding hydrogens is 306 g/mol. The maximum atomic E-state index is 11.9. The van der Waals surface area contributed by atoms with E-state index < -0.39 is 15.8 Å². The lowest BCUT2D eigenvalue weighted by atomic mass is 10.2. The van der Waals surface area contributed by atoms with Crippen LogP contribution in [-0.2, 0) is 6.54 Å². The van der Waals surface area contributed by atoms with Crippen molar-refractivity contribution in [1.82, 2.24) is 15.1 Å². The number of hydrogen-bond acceptors (Lipinski definition) is 6. The van der Waals surface area contributed by atoms with Gasteiger partial charge >= 0.3 is 5.82 Å². The minimum atomic E-state index is -0.592. The molecule has 0 spiro atoms. The maximum absolute atomic E-state index is 11.9. The topological polar surface area (TPSA) is 133 Å². The van der Waals surface area contributed by atoms with Gasteiger partial charge in [0.05, 0.1) is 28.3 Å². The Bertz CT molecular complexity index is 770. The molecular formula is C13H13N5O5. The van der Waals surface area contributed by atoms with Crippen LogP contribution in [-0.4, -0.2) is 32.1 Å². The van der Waals surface area contributed by atoms with Crippen LogP contribution in [0.1, 0.15) is 16.1 Å². The van der Waals surface area contributed by atoms with Gasteiger partial charge in [-0.3, -0.25) is 14.9 Å². The predicted molar refractivity (Wildman–Crippen MR) is 79.0 cm³/mol. The first-order valence-electron chi connectivity index (χ1n) is 6.60. The minimum Gasteiger partial charge on any atom is -0.358 e. The zero-order valence-corrected chi connectivity index (χ0v) is 12.1. The maximum Gasteiger partial charge on any atom is 0.390 e. The van der Waals surface area contributed by atoms with Gasteiger partial charge in [0.15, 0.2) is 0 Å². The first-order chi connectivity index (χ1) is 10.9. The standard InChI is InChI=1S/C13H13N5O5/c1-9-7-12(18(22)23)15-16(9)6-5-14-13(19)10-3-2-4-11(8-10)17(20)21/h2-4,7-8H,5-6H2,1H3,(H,14,19). The van der Waals surface area contributed by atoms with E-state index in [1.807, 2.05) is 0 Å². The van der Waals surface area contributed by atoms with Gasteiger partial charge in [-0.2, -0.15) is 4.68 Å². The number of aryl methyl sites for hydroxylation is 1. The number of nitro benzene ring substituents is 1. The molecule has 0 bridgehead atoms. The molecule has 1 heterocycles. The van der Waals surface area contributed by atoms with Crippen molar-refractivity contribution < 1.29 is 14.6 Å². The van der Waals surface area contributed by atoms with E-state index in [1.165, 1.54) is 35.0 Å². The van der Waals surface area contributed by atoms with Crippen molar-refractivity contribution in [2.45, 2.75) is 13.5 Å². The molecule has 1 aromatic heterocycles. The summed E-state index contributed by atoms with van der Waals surface area (Å²) in [6, 6.07) is 6.70. The quantitative estimate of drug-likeness (QED) is 0.632. The highest BCUT2D eigenvalue weighted by atomic mass is 16.6. The summed E-state index contributed by atoms with van der Waals surface area (Å²) in [6.07, 6.45) is 0. The summed E-state index contributed by atoms with van der Waals surface area (Å²) in [5, 5.41) is 27.7. The van der Waals surface area contributed by atoms with Gasteiger partial charge in [0.25, 0.3) is 11.6 Å². The molecule has 1 N–H and O–H groups in total. The normalized spacial score (nSPS) is 10.3. The fraction of sp³-hybridized carbons (Fsp3) is 0.231. The summed E-state index contributed by atoms with van der Waals surface area (Å²) >= 11 is 0. The molecule has 0 radical (unpaired) electrons. The minimum absolute atomic E-state index is 0.169. The summed E-state index contributed by atoms with van der Waals surface area (Å²) in [7, 11) is 0. The summed E-state index contributed by atoms with van der Waals surface area (Å²) in [6.45, 7) is 2.10. The summed E-state index contributed by atoms with van der Waals surface area (Å²) < 4.78 is 1.41. The number of amides is 1. The zero-order valence-electron chi connectivity index (χ0n) is 12.1. The SMILES string of the molecule is Cc1cc([N+](=O)[O-])nn1CCNC(=O)c1cccc([N+](=O)[O-])c1. The first kappa shape index (κ1) is 16.1. The van der Waals surface area contributed by atoms with Crippen LogP contribution < -0.4 is 5.32 Å². The molecule has 0 saturated heterocycles. The zero-order chi connectivity index (χ0) is 17.0. The number of benzene rings is 1. The average Bonchev–Trinajstić information content (AvgIpc) is 2.89. The number of carbonyl (C=O) groups is 1.